The second kappa shape index (κ2) is 4.48. The van der Waals surface area contributed by atoms with E-state index in [1.165, 1.54) is 7.05 Å². The Labute approximate surface area is 72.1 Å². The minimum Gasteiger partial charge on any atom is -0.481 e. The summed E-state index contributed by atoms with van der Waals surface area (Å²) in [6.07, 6.45) is -0.125. The lowest BCUT2D eigenvalue weighted by Crippen LogP contribution is -2.29. The van der Waals surface area contributed by atoms with Crippen LogP contribution in [-0.2, 0) is 9.59 Å². The first-order valence-corrected chi connectivity index (χ1v) is 3.90. The van der Waals surface area contributed by atoms with Gasteiger partial charge in [0.2, 0.25) is 5.91 Å². The molecule has 2 N–H and O–H groups in total. The van der Waals surface area contributed by atoms with Crippen LogP contribution in [0.2, 0.25) is 0 Å². The van der Waals surface area contributed by atoms with Crippen LogP contribution in [0.1, 0.15) is 6.42 Å². The van der Waals surface area contributed by atoms with Gasteiger partial charge in [0.25, 0.3) is 0 Å². The number of carbonyl (C=O) groups is 2. The summed E-state index contributed by atoms with van der Waals surface area (Å²) in [6.45, 7) is 0. The summed E-state index contributed by atoms with van der Waals surface area (Å²) < 4.78 is -0.472. The summed E-state index contributed by atoms with van der Waals surface area (Å²) in [5.41, 5.74) is 0. The Morgan fingerprint density at radius 1 is 1.70 bits per heavy atom. The van der Waals surface area contributed by atoms with Crippen LogP contribution in [0.3, 0.4) is 0 Å². The second-order valence-corrected chi connectivity index (χ2v) is 3.18. The fourth-order valence-corrected chi connectivity index (χ4v) is 1.09. The van der Waals surface area contributed by atoms with E-state index in [-0.39, 0.29) is 12.3 Å². The number of alkyl halides is 1. The van der Waals surface area contributed by atoms with E-state index in [0.29, 0.717) is 0 Å². The molecule has 0 aromatic carbocycles. The van der Waals surface area contributed by atoms with E-state index in [1.54, 1.807) is 22.6 Å². The Balaban J connectivity index is 3.72. The van der Waals surface area contributed by atoms with Crippen LogP contribution in [-0.4, -0.2) is 28.0 Å². The van der Waals surface area contributed by atoms with E-state index in [1.807, 2.05) is 0 Å². The van der Waals surface area contributed by atoms with E-state index >= 15 is 0 Å². The molecule has 58 valence electrons. The van der Waals surface area contributed by atoms with E-state index in [0.717, 1.165) is 0 Å². The molecule has 1 amide bonds. The van der Waals surface area contributed by atoms with Gasteiger partial charge in [0, 0.05) is 7.05 Å². The van der Waals surface area contributed by atoms with Crippen LogP contribution in [0.25, 0.3) is 0 Å². The topological polar surface area (TPSA) is 66.4 Å². The van der Waals surface area contributed by atoms with Crippen molar-refractivity contribution in [2.24, 2.45) is 0 Å². The first kappa shape index (κ1) is 9.67. The average Bonchev–Trinajstić information content (AvgIpc) is 1.85. The number of rotatable bonds is 3. The summed E-state index contributed by atoms with van der Waals surface area (Å²) in [5, 5.41) is 10.6. The maximum Gasteiger partial charge on any atom is 0.304 e. The average molecular weight is 257 g/mol. The lowest BCUT2D eigenvalue weighted by molar-refractivity contribution is -0.138. The van der Waals surface area contributed by atoms with Crippen molar-refractivity contribution in [3.63, 3.8) is 0 Å². The molecule has 0 aromatic rings. The number of carboxylic acid groups (broad SMARTS) is 1. The summed E-state index contributed by atoms with van der Waals surface area (Å²) in [4.78, 5) is 20.7. The fraction of sp³-hybridized carbons (Fsp3) is 0.600. The fourth-order valence-electron chi connectivity index (χ4n) is 0.403. The normalized spacial score (nSPS) is 12.2. The minimum absolute atomic E-state index is 0.125. The number of carboxylic acids is 1. The van der Waals surface area contributed by atoms with Crippen LogP contribution in [0.4, 0.5) is 0 Å². The Kier molecular flexibility index (Phi) is 4.33. The number of aliphatic carboxylic acids is 1. The molecule has 1 atom stereocenters. The molecule has 0 saturated carbocycles. The SMILES string of the molecule is CNC(=O)C(I)CC(=O)O. The van der Waals surface area contributed by atoms with Crippen molar-refractivity contribution < 1.29 is 14.7 Å². The highest BCUT2D eigenvalue weighted by molar-refractivity contribution is 14.1. The van der Waals surface area contributed by atoms with Gasteiger partial charge < -0.3 is 10.4 Å². The molecule has 4 nitrogen and oxygen atoms in total. The van der Waals surface area contributed by atoms with Crippen molar-refractivity contribution in [1.29, 1.82) is 0 Å². The van der Waals surface area contributed by atoms with Crippen molar-refractivity contribution in [1.82, 2.24) is 5.32 Å². The highest BCUT2D eigenvalue weighted by Gasteiger charge is 2.15. The number of hydrogen-bond acceptors (Lipinski definition) is 2. The highest BCUT2D eigenvalue weighted by Crippen LogP contribution is 2.04. The largest absolute Gasteiger partial charge is 0.481 e. The molecule has 0 aliphatic heterocycles. The molecule has 0 radical (unpaired) electrons. The van der Waals surface area contributed by atoms with Crippen molar-refractivity contribution in [2.45, 2.75) is 10.3 Å². The smallest absolute Gasteiger partial charge is 0.304 e. The third kappa shape index (κ3) is 3.65. The van der Waals surface area contributed by atoms with Gasteiger partial charge in [-0.3, -0.25) is 9.59 Å². The van der Waals surface area contributed by atoms with Gasteiger partial charge in [-0.1, -0.05) is 22.6 Å². The van der Waals surface area contributed by atoms with Crippen LogP contribution in [0, 0.1) is 0 Å². The standard InChI is InChI=1S/C5H8INO3/c1-7-5(10)3(6)2-4(8)9/h3H,2H2,1H3,(H,7,10)(H,8,9). The number of carbonyl (C=O) groups excluding carboxylic acids is 1. The van der Waals surface area contributed by atoms with Crippen molar-refractivity contribution in [2.75, 3.05) is 7.05 Å². The van der Waals surface area contributed by atoms with Gasteiger partial charge in [-0.15, -0.1) is 0 Å². The zero-order valence-corrected chi connectivity index (χ0v) is 7.58. The first-order chi connectivity index (χ1) is 4.57. The number of halogens is 1. The van der Waals surface area contributed by atoms with Crippen LogP contribution < -0.4 is 5.32 Å². The lowest BCUT2D eigenvalue weighted by atomic mass is 10.3. The Morgan fingerprint density at radius 3 is 2.50 bits per heavy atom. The molecule has 0 bridgehead atoms. The van der Waals surface area contributed by atoms with Crippen molar-refractivity contribution >= 4 is 34.5 Å². The van der Waals surface area contributed by atoms with E-state index in [9.17, 15) is 9.59 Å². The summed E-state index contributed by atoms with van der Waals surface area (Å²) in [6, 6.07) is 0. The van der Waals surface area contributed by atoms with Gasteiger partial charge >= 0.3 is 5.97 Å². The van der Waals surface area contributed by atoms with Crippen LogP contribution in [0.15, 0.2) is 0 Å². The van der Waals surface area contributed by atoms with E-state index in [4.69, 9.17) is 5.11 Å². The molecule has 0 aliphatic carbocycles. The zero-order chi connectivity index (χ0) is 8.15. The molecular weight excluding hydrogens is 249 g/mol. The summed E-state index contributed by atoms with van der Waals surface area (Å²) in [7, 11) is 1.48. The summed E-state index contributed by atoms with van der Waals surface area (Å²) in [5.74, 6) is -1.20. The molecule has 10 heavy (non-hydrogen) atoms. The van der Waals surface area contributed by atoms with Gasteiger partial charge in [-0.25, -0.2) is 0 Å². The van der Waals surface area contributed by atoms with Crippen LogP contribution >= 0.6 is 22.6 Å². The Morgan fingerprint density at radius 2 is 2.20 bits per heavy atom. The Hall–Kier alpha value is -0.330. The van der Waals surface area contributed by atoms with E-state index in [2.05, 4.69) is 5.32 Å². The van der Waals surface area contributed by atoms with Crippen molar-refractivity contribution in [3.05, 3.63) is 0 Å². The molecule has 0 rings (SSSR count). The predicted molar refractivity (Wildman–Crippen MR) is 44.1 cm³/mol. The third-order valence-corrected chi connectivity index (χ3v) is 1.89. The van der Waals surface area contributed by atoms with Gasteiger partial charge in [-0.05, 0) is 0 Å². The maximum absolute atomic E-state index is 10.7. The molecule has 0 spiro atoms. The minimum atomic E-state index is -0.956. The third-order valence-electron chi connectivity index (χ3n) is 0.885. The highest BCUT2D eigenvalue weighted by atomic mass is 127. The molecule has 1 unspecified atom stereocenters. The number of amides is 1. The number of hydrogen-bond donors (Lipinski definition) is 2. The van der Waals surface area contributed by atoms with E-state index < -0.39 is 9.89 Å². The molecule has 0 saturated heterocycles. The maximum atomic E-state index is 10.7. The van der Waals surface area contributed by atoms with Crippen molar-refractivity contribution in [3.8, 4) is 0 Å². The first-order valence-electron chi connectivity index (χ1n) is 2.65. The molecule has 0 aliphatic rings. The van der Waals surface area contributed by atoms with Gasteiger partial charge in [0.15, 0.2) is 0 Å². The van der Waals surface area contributed by atoms with Gasteiger partial charge in [0.05, 0.1) is 6.42 Å². The monoisotopic (exact) mass is 257 g/mol. The lowest BCUT2D eigenvalue weighted by Gasteiger charge is -2.03. The molecular formula is C5H8INO3. The quantitative estimate of drug-likeness (QED) is 0.553. The molecule has 0 aromatic heterocycles. The summed E-state index contributed by atoms with van der Waals surface area (Å²) >= 11 is 1.79. The van der Waals surface area contributed by atoms with Crippen LogP contribution in [0.5, 0.6) is 0 Å². The molecule has 0 fully saturated rings. The van der Waals surface area contributed by atoms with Gasteiger partial charge in [-0.2, -0.15) is 0 Å². The Bertz CT molecular complexity index is 148. The second-order valence-electron chi connectivity index (χ2n) is 1.68. The predicted octanol–water partition coefficient (Wildman–Crippen LogP) is 0.0107. The molecule has 5 heteroatoms. The van der Waals surface area contributed by atoms with Gasteiger partial charge in [0.1, 0.15) is 3.92 Å². The number of nitrogens with one attached hydrogen (secondary N) is 1. The molecule has 0 heterocycles. The zero-order valence-electron chi connectivity index (χ0n) is 5.43.